The summed E-state index contributed by atoms with van der Waals surface area (Å²) in [5.74, 6) is 0. The number of rotatable bonds is 16. The number of allylic oxidation sites excluding steroid dienone is 8. The molecule has 0 saturated heterocycles. The van der Waals surface area contributed by atoms with Gasteiger partial charge in [0, 0.05) is 0 Å². The average Bonchev–Trinajstić information content (AvgIpc) is 2.62. The van der Waals surface area contributed by atoms with E-state index >= 15 is 0 Å². The Morgan fingerprint density at radius 1 is 0.556 bits per heavy atom. The van der Waals surface area contributed by atoms with E-state index in [9.17, 15) is 0 Å². The molecule has 0 radical (unpaired) electrons. The monoisotopic (exact) mass is 371 g/mol. The predicted octanol–water partition coefficient (Wildman–Crippen LogP) is 8.78. The first-order chi connectivity index (χ1) is 13.1. The third-order valence-electron chi connectivity index (χ3n) is 4.13. The Morgan fingerprint density at radius 2 is 1.04 bits per heavy atom. The number of hydrogen-bond donors (Lipinski definition) is 0. The van der Waals surface area contributed by atoms with Crippen LogP contribution in [0, 0.1) is 0 Å². The average molecular weight is 372 g/mol. The van der Waals surface area contributed by atoms with E-state index in [1.165, 1.54) is 51.4 Å². The van der Waals surface area contributed by atoms with Crippen LogP contribution in [0.3, 0.4) is 0 Å². The van der Waals surface area contributed by atoms with Crippen molar-refractivity contribution in [2.45, 2.75) is 110 Å². The molecule has 0 N–H and O–H groups in total. The molecule has 0 aromatic carbocycles. The van der Waals surface area contributed by atoms with E-state index in [4.69, 9.17) is 0 Å². The fourth-order valence-electron chi connectivity index (χ4n) is 2.63. The van der Waals surface area contributed by atoms with Crippen LogP contribution in [-0.2, 0) is 0 Å². The summed E-state index contributed by atoms with van der Waals surface area (Å²) >= 11 is 0. The zero-order valence-electron chi connectivity index (χ0n) is 18.6. The van der Waals surface area contributed by atoms with Crippen LogP contribution in [0.4, 0.5) is 0 Å². The molecule has 0 bridgehead atoms. The lowest BCUT2D eigenvalue weighted by Gasteiger charge is -2.10. The van der Waals surface area contributed by atoms with Gasteiger partial charge >= 0.3 is 0 Å². The third-order valence-corrected chi connectivity index (χ3v) is 4.13. The molecule has 0 saturated carbocycles. The first-order valence-electron chi connectivity index (χ1n) is 11.2. The van der Waals surface area contributed by atoms with Gasteiger partial charge in [-0.3, -0.25) is 4.99 Å². The summed E-state index contributed by atoms with van der Waals surface area (Å²) in [5.41, 5.74) is 0.0612. The van der Waals surface area contributed by atoms with Gasteiger partial charge in [-0.25, -0.2) is 0 Å². The van der Waals surface area contributed by atoms with E-state index in [1.807, 2.05) is 0 Å². The maximum absolute atomic E-state index is 4.49. The summed E-state index contributed by atoms with van der Waals surface area (Å²) in [6, 6.07) is 0. The Hall–Kier alpha value is -1.37. The van der Waals surface area contributed by atoms with Crippen molar-refractivity contribution >= 4 is 6.21 Å². The van der Waals surface area contributed by atoms with Crippen LogP contribution >= 0.6 is 0 Å². The minimum atomic E-state index is 0.0612. The maximum atomic E-state index is 4.49. The molecule has 0 atom stereocenters. The van der Waals surface area contributed by atoms with Gasteiger partial charge in [0.2, 0.25) is 0 Å². The van der Waals surface area contributed by atoms with E-state index in [0.29, 0.717) is 0 Å². The quantitative estimate of drug-likeness (QED) is 0.146. The second-order valence-electron chi connectivity index (χ2n) is 8.17. The molecule has 0 amide bonds. The zero-order chi connectivity index (χ0) is 20.1. The van der Waals surface area contributed by atoms with Crippen molar-refractivity contribution < 1.29 is 0 Å². The molecule has 0 heterocycles. The molecule has 0 aromatic rings. The largest absolute Gasteiger partial charge is 0.292 e. The molecule has 1 heteroatoms. The van der Waals surface area contributed by atoms with E-state index in [-0.39, 0.29) is 5.54 Å². The summed E-state index contributed by atoms with van der Waals surface area (Å²) in [5, 5.41) is 0. The molecule has 0 aliphatic carbocycles. The highest BCUT2D eigenvalue weighted by Crippen LogP contribution is 2.08. The van der Waals surface area contributed by atoms with Gasteiger partial charge in [-0.1, -0.05) is 74.8 Å². The van der Waals surface area contributed by atoms with Crippen LogP contribution in [0.15, 0.2) is 53.6 Å². The van der Waals surface area contributed by atoms with Crippen molar-refractivity contribution in [1.82, 2.24) is 0 Å². The maximum Gasteiger partial charge on any atom is 0.0520 e. The summed E-state index contributed by atoms with van der Waals surface area (Å²) in [4.78, 5) is 4.49. The van der Waals surface area contributed by atoms with E-state index < -0.39 is 0 Å². The predicted molar refractivity (Wildman–Crippen MR) is 126 cm³/mol. The molecular weight excluding hydrogens is 326 g/mol. The molecule has 0 spiro atoms. The van der Waals surface area contributed by atoms with E-state index in [2.05, 4.69) is 87.5 Å². The first kappa shape index (κ1) is 25.6. The SMILES string of the molecule is CC/C=C\CCCCCCC/C=C\C/C=C\C/C=C\CCC=NC(C)(C)C. The standard InChI is InChI=1S/C26H45N/c1-5-6-7-8-9-10-11-12-13-14-15-16-17-18-19-20-21-22-23-24-25-27-26(2,3)4/h6-7,15-16,18-19,21-22,25H,5,8-14,17,20,23-24H2,1-4H3/b7-6-,16-15-,19-18-,22-21-,27-25?. The van der Waals surface area contributed by atoms with Crippen LogP contribution in [-0.4, -0.2) is 11.8 Å². The van der Waals surface area contributed by atoms with Crippen LogP contribution in [0.2, 0.25) is 0 Å². The lowest BCUT2D eigenvalue weighted by molar-refractivity contribution is 0.585. The van der Waals surface area contributed by atoms with Gasteiger partial charge in [0.25, 0.3) is 0 Å². The Bertz CT molecular complexity index is 443. The van der Waals surface area contributed by atoms with Gasteiger partial charge in [0.05, 0.1) is 5.54 Å². The Balaban J connectivity index is 3.39. The number of nitrogens with zero attached hydrogens (tertiary/aromatic N) is 1. The summed E-state index contributed by atoms with van der Waals surface area (Å²) in [6.45, 7) is 8.59. The van der Waals surface area contributed by atoms with Gasteiger partial charge in [-0.05, 0) is 84.8 Å². The van der Waals surface area contributed by atoms with E-state index in [0.717, 1.165) is 25.7 Å². The van der Waals surface area contributed by atoms with Gasteiger partial charge < -0.3 is 0 Å². The molecule has 0 rings (SSSR count). The summed E-state index contributed by atoms with van der Waals surface area (Å²) < 4.78 is 0. The molecular formula is C26H45N. The van der Waals surface area contributed by atoms with Crippen molar-refractivity contribution in [2.75, 3.05) is 0 Å². The van der Waals surface area contributed by atoms with Crippen molar-refractivity contribution in [1.29, 1.82) is 0 Å². The van der Waals surface area contributed by atoms with Crippen LogP contribution in [0.1, 0.15) is 105 Å². The Morgan fingerprint density at radius 3 is 1.59 bits per heavy atom. The smallest absolute Gasteiger partial charge is 0.0520 e. The fraction of sp³-hybridized carbons (Fsp3) is 0.654. The van der Waals surface area contributed by atoms with Gasteiger partial charge in [0.15, 0.2) is 0 Å². The highest BCUT2D eigenvalue weighted by atomic mass is 14.8. The fourth-order valence-corrected chi connectivity index (χ4v) is 2.63. The van der Waals surface area contributed by atoms with Crippen LogP contribution in [0.5, 0.6) is 0 Å². The molecule has 1 nitrogen and oxygen atoms in total. The lowest BCUT2D eigenvalue weighted by atomic mass is 10.1. The molecule has 27 heavy (non-hydrogen) atoms. The Kier molecular flexibility index (Phi) is 18.4. The van der Waals surface area contributed by atoms with Gasteiger partial charge in [-0.15, -0.1) is 0 Å². The summed E-state index contributed by atoms with van der Waals surface area (Å²) in [7, 11) is 0. The number of aliphatic imine (C=N–C) groups is 1. The Labute approximate surface area is 170 Å². The van der Waals surface area contributed by atoms with E-state index in [1.54, 1.807) is 0 Å². The number of unbranched alkanes of at least 4 members (excludes halogenated alkanes) is 7. The van der Waals surface area contributed by atoms with Crippen LogP contribution in [0.25, 0.3) is 0 Å². The van der Waals surface area contributed by atoms with Gasteiger partial charge in [0.1, 0.15) is 0 Å². The lowest BCUT2D eigenvalue weighted by Crippen LogP contribution is -2.09. The van der Waals surface area contributed by atoms with Crippen molar-refractivity contribution in [3.05, 3.63) is 48.6 Å². The molecule has 0 aromatic heterocycles. The molecule has 0 aliphatic rings. The van der Waals surface area contributed by atoms with Crippen molar-refractivity contribution in [3.63, 3.8) is 0 Å². The highest BCUT2D eigenvalue weighted by molar-refractivity contribution is 5.57. The second-order valence-corrected chi connectivity index (χ2v) is 8.17. The normalized spacial score (nSPS) is 13.5. The number of hydrogen-bond acceptors (Lipinski definition) is 1. The minimum absolute atomic E-state index is 0.0612. The molecule has 0 fully saturated rings. The third kappa shape index (κ3) is 24.6. The summed E-state index contributed by atoms with van der Waals surface area (Å²) in [6.07, 6.45) is 35.1. The van der Waals surface area contributed by atoms with Crippen molar-refractivity contribution in [2.24, 2.45) is 4.99 Å². The second kappa shape index (κ2) is 19.4. The topological polar surface area (TPSA) is 12.4 Å². The molecule has 0 unspecified atom stereocenters. The molecule has 0 aliphatic heterocycles. The minimum Gasteiger partial charge on any atom is -0.292 e. The highest BCUT2D eigenvalue weighted by Gasteiger charge is 2.03. The molecule has 154 valence electrons. The van der Waals surface area contributed by atoms with Crippen molar-refractivity contribution in [3.8, 4) is 0 Å². The zero-order valence-corrected chi connectivity index (χ0v) is 18.6. The van der Waals surface area contributed by atoms with Gasteiger partial charge in [-0.2, -0.15) is 0 Å². The first-order valence-corrected chi connectivity index (χ1v) is 11.2. The van der Waals surface area contributed by atoms with Crippen LogP contribution < -0.4 is 0 Å².